The van der Waals surface area contributed by atoms with E-state index in [2.05, 4.69) is 26.1 Å². The summed E-state index contributed by atoms with van der Waals surface area (Å²) >= 11 is 6.43. The third kappa shape index (κ3) is 4.29. The monoisotopic (exact) mass is 456 g/mol. The van der Waals surface area contributed by atoms with Gasteiger partial charge in [-0.25, -0.2) is 0 Å². The number of amides is 2. The van der Waals surface area contributed by atoms with Crippen LogP contribution in [-0.2, 0) is 23.3 Å². The zero-order valence-electron chi connectivity index (χ0n) is 19.4. The van der Waals surface area contributed by atoms with Crippen molar-refractivity contribution in [3.63, 3.8) is 0 Å². The lowest BCUT2D eigenvalue weighted by Gasteiger charge is -2.44. The summed E-state index contributed by atoms with van der Waals surface area (Å²) in [5.74, 6) is -0.316. The summed E-state index contributed by atoms with van der Waals surface area (Å²) in [6, 6.07) is 9.50. The number of rotatable bonds is 4. The number of nitrogens with zero attached hydrogens (tertiary/aromatic N) is 3. The summed E-state index contributed by atoms with van der Waals surface area (Å²) in [5, 5.41) is 8.55. The smallest absolute Gasteiger partial charge is 0.273 e. The van der Waals surface area contributed by atoms with Gasteiger partial charge in [0.1, 0.15) is 11.2 Å². The Hall–Kier alpha value is -2.34. The molecule has 6 nitrogen and oxygen atoms in total. The highest BCUT2D eigenvalue weighted by Crippen LogP contribution is 2.33. The Morgan fingerprint density at radius 3 is 2.56 bits per heavy atom. The van der Waals surface area contributed by atoms with Gasteiger partial charge in [0.2, 0.25) is 5.91 Å². The first-order valence-electron chi connectivity index (χ1n) is 11.5. The van der Waals surface area contributed by atoms with Crippen LogP contribution < -0.4 is 5.32 Å². The topological polar surface area (TPSA) is 67.2 Å². The molecule has 1 aromatic heterocycles. The van der Waals surface area contributed by atoms with Crippen LogP contribution in [0.3, 0.4) is 0 Å². The average Bonchev–Trinajstić information content (AvgIpc) is 3.17. The van der Waals surface area contributed by atoms with Crippen LogP contribution in [0.25, 0.3) is 0 Å². The molecule has 0 spiro atoms. The molecule has 2 aromatic rings. The highest BCUT2D eigenvalue weighted by atomic mass is 35.5. The van der Waals surface area contributed by atoms with Gasteiger partial charge in [0, 0.05) is 23.0 Å². The molecule has 1 atom stereocenters. The van der Waals surface area contributed by atoms with Crippen molar-refractivity contribution in [3.05, 3.63) is 52.3 Å². The Kier molecular flexibility index (Phi) is 6.10. The van der Waals surface area contributed by atoms with Gasteiger partial charge in [0.05, 0.1) is 12.2 Å². The molecule has 1 aromatic carbocycles. The highest BCUT2D eigenvalue weighted by molar-refractivity contribution is 6.31. The van der Waals surface area contributed by atoms with Gasteiger partial charge in [-0.2, -0.15) is 5.10 Å². The van der Waals surface area contributed by atoms with Crippen LogP contribution in [0.2, 0.25) is 5.02 Å². The van der Waals surface area contributed by atoms with E-state index in [9.17, 15) is 9.59 Å². The van der Waals surface area contributed by atoms with Gasteiger partial charge >= 0.3 is 0 Å². The van der Waals surface area contributed by atoms with Crippen molar-refractivity contribution in [1.29, 1.82) is 0 Å². The molecule has 2 amide bonds. The second kappa shape index (κ2) is 8.54. The zero-order valence-corrected chi connectivity index (χ0v) is 20.2. The largest absolute Gasteiger partial charge is 0.351 e. The predicted octanol–water partition coefficient (Wildman–Crippen LogP) is 4.70. The van der Waals surface area contributed by atoms with E-state index in [1.807, 2.05) is 37.3 Å². The Bertz CT molecular complexity index is 1020. The molecule has 1 saturated carbocycles. The van der Waals surface area contributed by atoms with E-state index in [4.69, 9.17) is 16.7 Å². The minimum absolute atomic E-state index is 0.122. The van der Waals surface area contributed by atoms with Crippen LogP contribution in [0.4, 0.5) is 0 Å². The molecule has 1 aliphatic heterocycles. The van der Waals surface area contributed by atoms with Gasteiger partial charge in [-0.3, -0.25) is 14.3 Å². The van der Waals surface area contributed by atoms with E-state index in [1.54, 1.807) is 9.58 Å². The maximum Gasteiger partial charge on any atom is 0.273 e. The number of halogens is 1. The fraction of sp³-hybridized carbons (Fsp3) is 0.560. The van der Waals surface area contributed by atoms with Gasteiger partial charge in [0.25, 0.3) is 5.91 Å². The van der Waals surface area contributed by atoms with Crippen LogP contribution in [0.1, 0.15) is 81.5 Å². The number of benzene rings is 1. The van der Waals surface area contributed by atoms with E-state index in [1.165, 1.54) is 6.42 Å². The lowest BCUT2D eigenvalue weighted by molar-refractivity contribution is -0.134. The fourth-order valence-electron chi connectivity index (χ4n) is 4.64. The number of carbonyl (C=O) groups is 2. The number of hydrogen-bond donors (Lipinski definition) is 1. The summed E-state index contributed by atoms with van der Waals surface area (Å²) in [6.45, 7) is 8.64. The van der Waals surface area contributed by atoms with E-state index < -0.39 is 5.54 Å². The molecule has 2 heterocycles. The zero-order chi connectivity index (χ0) is 23.1. The van der Waals surface area contributed by atoms with Gasteiger partial charge < -0.3 is 10.2 Å². The van der Waals surface area contributed by atoms with Crippen LogP contribution in [0.15, 0.2) is 30.3 Å². The lowest BCUT2D eigenvalue weighted by atomic mass is 9.90. The van der Waals surface area contributed by atoms with Crippen LogP contribution in [-0.4, -0.2) is 38.1 Å². The predicted molar refractivity (Wildman–Crippen MR) is 126 cm³/mol. The van der Waals surface area contributed by atoms with E-state index in [-0.39, 0.29) is 29.8 Å². The molecular weight excluding hydrogens is 424 g/mol. The van der Waals surface area contributed by atoms with Crippen molar-refractivity contribution in [3.8, 4) is 0 Å². The summed E-state index contributed by atoms with van der Waals surface area (Å²) in [7, 11) is 0. The molecular formula is C25H33ClN4O2. The molecule has 7 heteroatoms. The Morgan fingerprint density at radius 1 is 1.22 bits per heavy atom. The van der Waals surface area contributed by atoms with Crippen LogP contribution in [0, 0.1) is 0 Å². The summed E-state index contributed by atoms with van der Waals surface area (Å²) in [6.07, 6.45) is 5.44. The molecule has 0 radical (unpaired) electrons. The third-order valence-corrected chi connectivity index (χ3v) is 7.15. The lowest BCUT2D eigenvalue weighted by Crippen LogP contribution is -2.64. The van der Waals surface area contributed by atoms with Crippen molar-refractivity contribution in [1.82, 2.24) is 20.0 Å². The minimum Gasteiger partial charge on any atom is -0.351 e. The average molecular weight is 457 g/mol. The quantitative estimate of drug-likeness (QED) is 0.725. The SMILES string of the molecule is CC(C)(C)c1cc2n(n1)C[C@@](C)(C(=O)NC1CCCCC1)N(Cc1ccccc1Cl)C2=O. The fourth-order valence-corrected chi connectivity index (χ4v) is 4.84. The summed E-state index contributed by atoms with van der Waals surface area (Å²) < 4.78 is 1.71. The molecule has 172 valence electrons. The molecule has 0 bridgehead atoms. The molecule has 2 aliphatic rings. The molecule has 4 rings (SSSR count). The molecule has 1 N–H and O–H groups in total. The first-order valence-corrected chi connectivity index (χ1v) is 11.9. The molecule has 32 heavy (non-hydrogen) atoms. The second-order valence-corrected chi connectivity index (χ2v) is 10.8. The molecule has 0 unspecified atom stereocenters. The van der Waals surface area contributed by atoms with Gasteiger partial charge in [-0.05, 0) is 37.5 Å². The molecule has 1 aliphatic carbocycles. The maximum absolute atomic E-state index is 13.7. The van der Waals surface area contributed by atoms with E-state index in [0.29, 0.717) is 17.3 Å². The van der Waals surface area contributed by atoms with Crippen molar-refractivity contribution >= 4 is 23.4 Å². The Balaban J connectivity index is 1.72. The summed E-state index contributed by atoms with van der Waals surface area (Å²) in [5.41, 5.74) is 0.921. The Labute approximate surface area is 195 Å². The van der Waals surface area contributed by atoms with Crippen LogP contribution in [0.5, 0.6) is 0 Å². The van der Waals surface area contributed by atoms with Crippen molar-refractivity contribution in [2.45, 2.75) is 89.9 Å². The number of aromatic nitrogens is 2. The van der Waals surface area contributed by atoms with Gasteiger partial charge in [-0.1, -0.05) is 69.8 Å². The first kappa shape index (κ1) is 22.8. The van der Waals surface area contributed by atoms with Crippen molar-refractivity contribution < 1.29 is 9.59 Å². The van der Waals surface area contributed by atoms with E-state index >= 15 is 0 Å². The normalized spacial score (nSPS) is 22.0. The number of fused-ring (bicyclic) bond motifs is 1. The second-order valence-electron chi connectivity index (χ2n) is 10.4. The summed E-state index contributed by atoms with van der Waals surface area (Å²) in [4.78, 5) is 29.1. The van der Waals surface area contributed by atoms with Crippen molar-refractivity contribution in [2.24, 2.45) is 0 Å². The molecule has 1 fully saturated rings. The number of carbonyl (C=O) groups excluding carboxylic acids is 2. The van der Waals surface area contributed by atoms with E-state index in [0.717, 1.165) is 36.9 Å². The molecule has 0 saturated heterocycles. The first-order chi connectivity index (χ1) is 15.1. The van der Waals surface area contributed by atoms with Crippen LogP contribution >= 0.6 is 11.6 Å². The van der Waals surface area contributed by atoms with Gasteiger partial charge in [0.15, 0.2) is 0 Å². The number of hydrogen-bond acceptors (Lipinski definition) is 3. The Morgan fingerprint density at radius 2 is 1.91 bits per heavy atom. The third-order valence-electron chi connectivity index (χ3n) is 6.78. The standard InChI is InChI=1S/C25H33ClN4O2/c1-24(2,3)21-14-20-22(31)29(15-17-10-8-9-13-19(17)26)25(4,16-30(20)28-21)23(32)27-18-11-6-5-7-12-18/h8-10,13-14,18H,5-7,11-12,15-16H2,1-4H3,(H,27,32)/t25-/m0/s1. The highest BCUT2D eigenvalue weighted by Gasteiger charge is 2.48. The van der Waals surface area contributed by atoms with Gasteiger partial charge in [-0.15, -0.1) is 0 Å². The number of nitrogens with one attached hydrogen (secondary N) is 1. The maximum atomic E-state index is 13.7. The van der Waals surface area contributed by atoms with Crippen molar-refractivity contribution in [2.75, 3.05) is 0 Å². The minimum atomic E-state index is -1.07.